The fraction of sp³-hybridized carbons (Fsp3) is 0.444. The Balaban J connectivity index is 0.720. The molecule has 4 aliphatic heterocycles. The molecule has 3 saturated heterocycles. The van der Waals surface area contributed by atoms with E-state index >= 15 is 0 Å². The maximum Gasteiger partial charge on any atom is 0.258 e. The molecule has 0 saturated carbocycles. The van der Waals surface area contributed by atoms with Gasteiger partial charge in [-0.15, -0.1) is 11.3 Å². The summed E-state index contributed by atoms with van der Waals surface area (Å²) in [6, 6.07) is 10.5. The standard InChI is InChI=1S/C45H51N11O5S/c1-27(2)34-19-35(39-36(38(34)57)22-49-61-39)44(59)56-24-30-4-3-28(17-31(30)25-56)23-52-7-5-29(6-8-52)43(58)55-11-9-53(10-12-55)26-33-18-37-40(62-33)42(54-13-15-60-16-14-54)51-41(50-37)32-20-47-45(46)48-21-32/h3-4,17-22,27,29,57H,5-16,23-26H2,1-2H3,(H2,46,47,48). The van der Waals surface area contributed by atoms with Gasteiger partial charge in [0.2, 0.25) is 11.9 Å². The number of phenolic OH excluding ortho intramolecular Hbond substituents is 1. The number of nitrogen functional groups attached to an aromatic ring is 1. The summed E-state index contributed by atoms with van der Waals surface area (Å²) in [6.07, 6.45) is 6.51. The van der Waals surface area contributed by atoms with Crippen molar-refractivity contribution in [1.82, 2.24) is 44.7 Å². The van der Waals surface area contributed by atoms with E-state index in [9.17, 15) is 14.7 Å². The fourth-order valence-corrected chi connectivity index (χ4v) is 10.5. The predicted octanol–water partition coefficient (Wildman–Crippen LogP) is 5.25. The molecule has 322 valence electrons. The van der Waals surface area contributed by atoms with Gasteiger partial charge >= 0.3 is 0 Å². The Hall–Kier alpha value is -5.75. The number of fused-ring (bicyclic) bond motifs is 3. The maximum atomic E-state index is 13.8. The van der Waals surface area contributed by atoms with Crippen molar-refractivity contribution in [3.05, 3.63) is 81.6 Å². The number of thiophene rings is 1. The molecule has 0 radical (unpaired) electrons. The van der Waals surface area contributed by atoms with Crippen LogP contribution in [-0.2, 0) is 35.7 Å². The Labute approximate surface area is 363 Å². The van der Waals surface area contributed by atoms with Crippen LogP contribution < -0.4 is 10.6 Å². The van der Waals surface area contributed by atoms with E-state index in [0.29, 0.717) is 54.2 Å². The van der Waals surface area contributed by atoms with Crippen molar-refractivity contribution in [1.29, 1.82) is 0 Å². The number of phenols is 1. The number of benzene rings is 2. The highest BCUT2D eigenvalue weighted by atomic mass is 32.1. The largest absolute Gasteiger partial charge is 0.507 e. The van der Waals surface area contributed by atoms with E-state index < -0.39 is 0 Å². The lowest BCUT2D eigenvalue weighted by Crippen LogP contribution is -2.51. The number of aromatic hydroxyl groups is 1. The van der Waals surface area contributed by atoms with E-state index in [0.717, 1.165) is 111 Å². The molecule has 17 heteroatoms. The Morgan fingerprint density at radius 1 is 0.871 bits per heavy atom. The lowest BCUT2D eigenvalue weighted by molar-refractivity contribution is -0.139. The summed E-state index contributed by atoms with van der Waals surface area (Å²) in [7, 11) is 0. The van der Waals surface area contributed by atoms with Crippen LogP contribution in [0.4, 0.5) is 11.8 Å². The third kappa shape index (κ3) is 7.93. The van der Waals surface area contributed by atoms with Gasteiger partial charge in [0.1, 0.15) is 5.75 Å². The number of rotatable bonds is 9. The van der Waals surface area contributed by atoms with E-state index in [1.54, 1.807) is 29.8 Å². The van der Waals surface area contributed by atoms with Crippen molar-refractivity contribution in [2.75, 3.05) is 76.2 Å². The summed E-state index contributed by atoms with van der Waals surface area (Å²) >= 11 is 1.74. The van der Waals surface area contributed by atoms with Crippen LogP contribution in [0.2, 0.25) is 0 Å². The van der Waals surface area contributed by atoms with Crippen molar-refractivity contribution in [3.8, 4) is 17.1 Å². The number of nitrogens with two attached hydrogens (primary N) is 1. The monoisotopic (exact) mass is 857 g/mol. The number of piperazine rings is 1. The SMILES string of the molecule is CC(C)c1cc(C(=O)N2Cc3ccc(CN4CCC(C(=O)N5CCN(Cc6cc7nc(-c8cnc(N)nc8)nc(N8CCOCC8)c7s6)CC5)CC4)cc3C2)c2oncc2c1O. The van der Waals surface area contributed by atoms with Crippen LogP contribution in [0.15, 0.2) is 53.4 Å². The number of morpholine rings is 1. The summed E-state index contributed by atoms with van der Waals surface area (Å²) in [5, 5.41) is 15.1. The first-order chi connectivity index (χ1) is 30.1. The van der Waals surface area contributed by atoms with Crippen LogP contribution >= 0.6 is 11.3 Å². The zero-order valence-corrected chi connectivity index (χ0v) is 35.9. The van der Waals surface area contributed by atoms with E-state index in [2.05, 4.69) is 59.0 Å². The minimum Gasteiger partial charge on any atom is -0.507 e. The number of aromatic nitrogens is 5. The lowest BCUT2D eigenvalue weighted by Gasteiger charge is -2.38. The predicted molar refractivity (Wildman–Crippen MR) is 236 cm³/mol. The second-order valence-electron chi connectivity index (χ2n) is 17.2. The molecule has 3 fully saturated rings. The maximum absolute atomic E-state index is 13.8. The van der Waals surface area contributed by atoms with Gasteiger partial charge in [-0.1, -0.05) is 37.2 Å². The molecular formula is C45H51N11O5S. The first-order valence-corrected chi connectivity index (χ1v) is 22.4. The van der Waals surface area contributed by atoms with Gasteiger partial charge in [0.05, 0.1) is 46.1 Å². The second kappa shape index (κ2) is 16.8. The highest BCUT2D eigenvalue weighted by molar-refractivity contribution is 7.19. The number of ether oxygens (including phenoxy) is 1. The quantitative estimate of drug-likeness (QED) is 0.192. The van der Waals surface area contributed by atoms with Gasteiger partial charge < -0.3 is 34.8 Å². The number of hydrogen-bond acceptors (Lipinski definition) is 15. The minimum absolute atomic E-state index is 0.0320. The number of carbonyl (C=O) groups excluding carboxylic acids is 2. The third-order valence-electron chi connectivity index (χ3n) is 12.8. The average Bonchev–Trinajstić information content (AvgIpc) is 4.06. The molecule has 0 aliphatic carbocycles. The zero-order chi connectivity index (χ0) is 42.5. The molecule has 8 heterocycles. The van der Waals surface area contributed by atoms with Crippen molar-refractivity contribution < 1.29 is 24.0 Å². The van der Waals surface area contributed by atoms with Crippen molar-refractivity contribution in [2.45, 2.75) is 58.8 Å². The van der Waals surface area contributed by atoms with Crippen LogP contribution in [0, 0.1) is 5.92 Å². The van der Waals surface area contributed by atoms with Gasteiger partial charge in [-0.2, -0.15) is 0 Å². The van der Waals surface area contributed by atoms with E-state index in [1.165, 1.54) is 16.6 Å². The fourth-order valence-electron chi connectivity index (χ4n) is 9.32. The molecule has 2 amide bonds. The molecule has 0 atom stereocenters. The molecule has 4 aromatic heterocycles. The first-order valence-electron chi connectivity index (χ1n) is 21.6. The number of likely N-dealkylation sites (tertiary alicyclic amines) is 1. The molecule has 6 aromatic rings. The van der Waals surface area contributed by atoms with Crippen molar-refractivity contribution >= 4 is 56.1 Å². The molecule has 16 nitrogen and oxygen atoms in total. The van der Waals surface area contributed by atoms with Crippen molar-refractivity contribution in [2.24, 2.45) is 5.92 Å². The highest BCUT2D eigenvalue weighted by Gasteiger charge is 2.32. The molecule has 4 aliphatic rings. The van der Waals surface area contributed by atoms with Gasteiger partial charge in [-0.3, -0.25) is 19.4 Å². The molecule has 0 spiro atoms. The Morgan fingerprint density at radius 2 is 1.61 bits per heavy atom. The lowest BCUT2D eigenvalue weighted by atomic mass is 9.94. The topological polar surface area (TPSA) is 183 Å². The molecule has 10 rings (SSSR count). The van der Waals surface area contributed by atoms with Crippen LogP contribution in [-0.4, -0.2) is 127 Å². The number of anilines is 2. The summed E-state index contributed by atoms with van der Waals surface area (Å²) in [6.45, 7) is 14.3. The average molecular weight is 858 g/mol. The first kappa shape index (κ1) is 40.3. The number of hydrogen-bond donors (Lipinski definition) is 2. The summed E-state index contributed by atoms with van der Waals surface area (Å²) < 4.78 is 12.2. The van der Waals surface area contributed by atoms with Crippen LogP contribution in [0.1, 0.15) is 70.1 Å². The summed E-state index contributed by atoms with van der Waals surface area (Å²) in [5.74, 6) is 2.05. The Bertz CT molecular complexity index is 2630. The van der Waals surface area contributed by atoms with Gasteiger partial charge in [0.15, 0.2) is 17.2 Å². The van der Waals surface area contributed by atoms with E-state index in [1.807, 2.05) is 18.7 Å². The zero-order valence-electron chi connectivity index (χ0n) is 35.1. The van der Waals surface area contributed by atoms with Crippen LogP contribution in [0.25, 0.3) is 32.6 Å². The molecule has 2 aromatic carbocycles. The normalized spacial score (nSPS) is 18.1. The molecule has 62 heavy (non-hydrogen) atoms. The van der Waals surface area contributed by atoms with Gasteiger partial charge in [-0.25, -0.2) is 19.9 Å². The molecule has 0 unspecified atom stereocenters. The molecule has 3 N–H and O–H groups in total. The Morgan fingerprint density at radius 3 is 2.37 bits per heavy atom. The minimum atomic E-state index is -0.134. The van der Waals surface area contributed by atoms with E-state index in [-0.39, 0.29) is 35.3 Å². The van der Waals surface area contributed by atoms with Gasteiger partial charge in [0, 0.05) is 88.6 Å². The molecule has 0 bridgehead atoms. The van der Waals surface area contributed by atoms with Crippen molar-refractivity contribution in [3.63, 3.8) is 0 Å². The smallest absolute Gasteiger partial charge is 0.258 e. The number of amides is 2. The number of carbonyl (C=O) groups is 2. The Kier molecular flexibility index (Phi) is 11.0. The van der Waals surface area contributed by atoms with Crippen LogP contribution in [0.5, 0.6) is 5.75 Å². The summed E-state index contributed by atoms with van der Waals surface area (Å²) in [4.78, 5) is 58.2. The van der Waals surface area contributed by atoms with Gasteiger partial charge in [0.25, 0.3) is 5.91 Å². The second-order valence-corrected chi connectivity index (χ2v) is 18.4. The third-order valence-corrected chi connectivity index (χ3v) is 13.9. The highest BCUT2D eigenvalue weighted by Crippen LogP contribution is 2.38. The van der Waals surface area contributed by atoms with E-state index in [4.69, 9.17) is 25.0 Å². The number of nitrogens with zero attached hydrogens (tertiary/aromatic N) is 10. The summed E-state index contributed by atoms with van der Waals surface area (Å²) in [5.41, 5.74) is 12.3. The van der Waals surface area contributed by atoms with Crippen LogP contribution in [0.3, 0.4) is 0 Å². The van der Waals surface area contributed by atoms with Gasteiger partial charge in [-0.05, 0) is 66.2 Å². The molecular weight excluding hydrogens is 807 g/mol. The number of piperidine rings is 1.